The van der Waals surface area contributed by atoms with Crippen molar-refractivity contribution in [3.63, 3.8) is 0 Å². The van der Waals surface area contributed by atoms with E-state index in [9.17, 15) is 4.79 Å². The number of nitrogens with one attached hydrogen (secondary N) is 1. The SMILES string of the molecule is O=C(Nc1ncccc1OCC1CCCCC1)c1ccc(-n2cccn2)cc1. The first-order valence-electron chi connectivity index (χ1n) is 9.79. The van der Waals surface area contributed by atoms with Crippen LogP contribution in [0, 0.1) is 5.92 Å². The molecule has 144 valence electrons. The fourth-order valence-electron chi connectivity index (χ4n) is 3.53. The quantitative estimate of drug-likeness (QED) is 0.689. The molecule has 1 amide bonds. The van der Waals surface area contributed by atoms with Gasteiger partial charge in [-0.25, -0.2) is 9.67 Å². The van der Waals surface area contributed by atoms with Crippen molar-refractivity contribution in [2.45, 2.75) is 32.1 Å². The van der Waals surface area contributed by atoms with Gasteiger partial charge in [-0.1, -0.05) is 19.3 Å². The van der Waals surface area contributed by atoms with E-state index in [2.05, 4.69) is 15.4 Å². The molecule has 0 aliphatic heterocycles. The lowest BCUT2D eigenvalue weighted by Crippen LogP contribution is -2.17. The van der Waals surface area contributed by atoms with Crippen LogP contribution in [0.1, 0.15) is 42.5 Å². The molecular formula is C22H24N4O2. The fraction of sp³-hybridized carbons (Fsp3) is 0.318. The Labute approximate surface area is 164 Å². The molecule has 0 radical (unpaired) electrons. The summed E-state index contributed by atoms with van der Waals surface area (Å²) in [4.78, 5) is 16.9. The van der Waals surface area contributed by atoms with Gasteiger partial charge >= 0.3 is 0 Å². The third kappa shape index (κ3) is 4.39. The van der Waals surface area contributed by atoms with Gasteiger partial charge in [0, 0.05) is 24.2 Å². The van der Waals surface area contributed by atoms with Crippen molar-refractivity contribution in [2.24, 2.45) is 5.92 Å². The zero-order chi connectivity index (χ0) is 19.2. The average molecular weight is 376 g/mol. The maximum absolute atomic E-state index is 12.6. The van der Waals surface area contributed by atoms with Crippen molar-refractivity contribution in [3.05, 3.63) is 66.6 Å². The van der Waals surface area contributed by atoms with E-state index in [0.29, 0.717) is 29.7 Å². The van der Waals surface area contributed by atoms with Crippen LogP contribution in [0.25, 0.3) is 5.69 Å². The number of hydrogen-bond acceptors (Lipinski definition) is 4. The van der Waals surface area contributed by atoms with Gasteiger partial charge in [-0.05, 0) is 61.2 Å². The van der Waals surface area contributed by atoms with Crippen molar-refractivity contribution >= 4 is 11.7 Å². The molecule has 0 atom stereocenters. The Morgan fingerprint density at radius 2 is 1.89 bits per heavy atom. The van der Waals surface area contributed by atoms with E-state index >= 15 is 0 Å². The number of aromatic nitrogens is 3. The lowest BCUT2D eigenvalue weighted by atomic mass is 9.90. The first-order chi connectivity index (χ1) is 13.8. The van der Waals surface area contributed by atoms with Gasteiger partial charge in [0.05, 0.1) is 12.3 Å². The minimum absolute atomic E-state index is 0.215. The summed E-state index contributed by atoms with van der Waals surface area (Å²) in [6.07, 6.45) is 11.5. The zero-order valence-electron chi connectivity index (χ0n) is 15.8. The van der Waals surface area contributed by atoms with Crippen LogP contribution in [-0.4, -0.2) is 27.3 Å². The van der Waals surface area contributed by atoms with E-state index < -0.39 is 0 Å². The third-order valence-electron chi connectivity index (χ3n) is 5.10. The molecule has 1 aliphatic carbocycles. The van der Waals surface area contributed by atoms with Gasteiger partial charge in [0.2, 0.25) is 0 Å². The molecule has 1 aliphatic rings. The van der Waals surface area contributed by atoms with Crippen molar-refractivity contribution in [2.75, 3.05) is 11.9 Å². The standard InChI is InChI=1S/C22H24N4O2/c27-22(18-9-11-19(12-10-18)26-15-5-14-24-26)25-21-20(8-4-13-23-21)28-16-17-6-2-1-3-7-17/h4-5,8-15,17H,1-3,6-7,16H2,(H,23,25,27). The number of rotatable bonds is 6. The predicted molar refractivity (Wildman–Crippen MR) is 108 cm³/mol. The van der Waals surface area contributed by atoms with E-state index in [4.69, 9.17) is 4.74 Å². The second kappa shape index (κ2) is 8.69. The van der Waals surface area contributed by atoms with Gasteiger partial charge in [-0.2, -0.15) is 5.10 Å². The number of pyridine rings is 1. The molecule has 4 rings (SSSR count). The van der Waals surface area contributed by atoms with Crippen molar-refractivity contribution in [3.8, 4) is 11.4 Å². The van der Waals surface area contributed by atoms with Crippen LogP contribution < -0.4 is 10.1 Å². The Morgan fingerprint density at radius 1 is 1.07 bits per heavy atom. The maximum Gasteiger partial charge on any atom is 0.256 e. The van der Waals surface area contributed by atoms with E-state index in [-0.39, 0.29) is 5.91 Å². The molecule has 2 aromatic heterocycles. The minimum Gasteiger partial charge on any atom is -0.489 e. The highest BCUT2D eigenvalue weighted by atomic mass is 16.5. The Hall–Kier alpha value is -3.15. The number of carbonyl (C=O) groups is 1. The number of anilines is 1. The van der Waals surface area contributed by atoms with Crippen molar-refractivity contribution < 1.29 is 9.53 Å². The molecule has 1 N–H and O–H groups in total. The van der Waals surface area contributed by atoms with Crippen LogP contribution >= 0.6 is 0 Å². The molecular weight excluding hydrogens is 352 g/mol. The van der Waals surface area contributed by atoms with E-state index in [0.717, 1.165) is 5.69 Å². The van der Waals surface area contributed by atoms with E-state index in [1.165, 1.54) is 32.1 Å². The largest absolute Gasteiger partial charge is 0.489 e. The summed E-state index contributed by atoms with van der Waals surface area (Å²) in [7, 11) is 0. The molecule has 0 bridgehead atoms. The highest BCUT2D eigenvalue weighted by Crippen LogP contribution is 2.27. The van der Waals surface area contributed by atoms with Gasteiger partial charge in [0.25, 0.3) is 5.91 Å². The molecule has 0 spiro atoms. The van der Waals surface area contributed by atoms with Crippen LogP contribution in [0.3, 0.4) is 0 Å². The average Bonchev–Trinajstić information content (AvgIpc) is 3.29. The summed E-state index contributed by atoms with van der Waals surface area (Å²) in [6.45, 7) is 0.674. The van der Waals surface area contributed by atoms with E-state index in [1.54, 1.807) is 29.2 Å². The molecule has 1 aromatic carbocycles. The van der Waals surface area contributed by atoms with Gasteiger partial charge in [-0.3, -0.25) is 4.79 Å². The number of ether oxygens (including phenoxy) is 1. The van der Waals surface area contributed by atoms with Crippen LogP contribution in [0.2, 0.25) is 0 Å². The Bertz CT molecular complexity index is 901. The molecule has 1 fully saturated rings. The lowest BCUT2D eigenvalue weighted by Gasteiger charge is -2.22. The summed E-state index contributed by atoms with van der Waals surface area (Å²) in [6, 6.07) is 12.8. The van der Waals surface area contributed by atoms with Gasteiger partial charge < -0.3 is 10.1 Å². The molecule has 0 saturated heterocycles. The molecule has 2 heterocycles. The highest BCUT2D eigenvalue weighted by molar-refractivity contribution is 6.04. The smallest absolute Gasteiger partial charge is 0.256 e. The summed E-state index contributed by atoms with van der Waals surface area (Å²) >= 11 is 0. The van der Waals surface area contributed by atoms with Crippen LogP contribution in [0.5, 0.6) is 5.75 Å². The van der Waals surface area contributed by atoms with Gasteiger partial charge in [0.15, 0.2) is 11.6 Å². The second-order valence-electron chi connectivity index (χ2n) is 7.12. The predicted octanol–water partition coefficient (Wildman–Crippen LogP) is 4.48. The Balaban J connectivity index is 1.41. The molecule has 1 saturated carbocycles. The third-order valence-corrected chi connectivity index (χ3v) is 5.10. The number of amides is 1. The summed E-state index contributed by atoms with van der Waals surface area (Å²) in [5, 5.41) is 7.06. The topological polar surface area (TPSA) is 69.0 Å². The first-order valence-corrected chi connectivity index (χ1v) is 9.79. The summed E-state index contributed by atoms with van der Waals surface area (Å²) < 4.78 is 7.74. The van der Waals surface area contributed by atoms with Crippen molar-refractivity contribution in [1.29, 1.82) is 0 Å². The first kappa shape index (κ1) is 18.2. The van der Waals surface area contributed by atoms with E-state index in [1.807, 2.05) is 36.5 Å². The highest BCUT2D eigenvalue weighted by Gasteiger charge is 2.16. The number of carbonyl (C=O) groups excluding carboxylic acids is 1. The molecule has 3 aromatic rings. The molecule has 28 heavy (non-hydrogen) atoms. The monoisotopic (exact) mass is 376 g/mol. The Morgan fingerprint density at radius 3 is 2.64 bits per heavy atom. The fourth-order valence-corrected chi connectivity index (χ4v) is 3.53. The van der Waals surface area contributed by atoms with Crippen LogP contribution in [-0.2, 0) is 0 Å². The molecule has 0 unspecified atom stereocenters. The van der Waals surface area contributed by atoms with Crippen LogP contribution in [0.15, 0.2) is 61.1 Å². The van der Waals surface area contributed by atoms with Gasteiger partial charge in [-0.15, -0.1) is 0 Å². The molecule has 6 heteroatoms. The number of benzene rings is 1. The summed E-state index contributed by atoms with van der Waals surface area (Å²) in [5.74, 6) is 1.45. The zero-order valence-corrected chi connectivity index (χ0v) is 15.8. The van der Waals surface area contributed by atoms with Crippen molar-refractivity contribution in [1.82, 2.24) is 14.8 Å². The lowest BCUT2D eigenvalue weighted by molar-refractivity contribution is 0.102. The number of hydrogen-bond donors (Lipinski definition) is 1. The number of nitrogens with zero attached hydrogens (tertiary/aromatic N) is 3. The second-order valence-corrected chi connectivity index (χ2v) is 7.12. The Kier molecular flexibility index (Phi) is 5.66. The normalized spacial score (nSPS) is 14.6. The molecule has 6 nitrogen and oxygen atoms in total. The maximum atomic E-state index is 12.6. The van der Waals surface area contributed by atoms with Gasteiger partial charge in [0.1, 0.15) is 0 Å². The summed E-state index contributed by atoms with van der Waals surface area (Å²) in [5.41, 5.74) is 1.45. The minimum atomic E-state index is -0.215. The van der Waals surface area contributed by atoms with Crippen LogP contribution in [0.4, 0.5) is 5.82 Å².